The van der Waals surface area contributed by atoms with Crippen LogP contribution in [0.4, 0.5) is 5.69 Å². The van der Waals surface area contributed by atoms with E-state index in [1.54, 1.807) is 44.2 Å². The quantitative estimate of drug-likeness (QED) is 0.171. The van der Waals surface area contributed by atoms with Gasteiger partial charge in [0.1, 0.15) is 15.5 Å². The number of fused-ring (bicyclic) bond motifs is 3. The van der Waals surface area contributed by atoms with Crippen LogP contribution in [-0.4, -0.2) is 49.8 Å². The highest BCUT2D eigenvalue weighted by molar-refractivity contribution is 7.94. The lowest BCUT2D eigenvalue weighted by molar-refractivity contribution is -0.384. The normalized spacial score (nSPS) is 12.4. The van der Waals surface area contributed by atoms with Crippen LogP contribution in [0.2, 0.25) is 0 Å². The smallest absolute Gasteiger partial charge is 0.289 e. The van der Waals surface area contributed by atoms with Gasteiger partial charge in [0.15, 0.2) is 19.7 Å². The van der Waals surface area contributed by atoms with Crippen molar-refractivity contribution < 1.29 is 26.6 Å². The Balaban J connectivity index is 1.98. The van der Waals surface area contributed by atoms with Crippen molar-refractivity contribution in [2.45, 2.75) is 36.5 Å². The van der Waals surface area contributed by atoms with Crippen LogP contribution in [0.25, 0.3) is 16.3 Å². The molecule has 2 aromatic heterocycles. The molecular formula is C26H26N4O7S2. The van der Waals surface area contributed by atoms with Crippen LogP contribution in [0.15, 0.2) is 75.7 Å². The second-order valence-electron chi connectivity index (χ2n) is 8.82. The van der Waals surface area contributed by atoms with Gasteiger partial charge in [0.2, 0.25) is 0 Å². The van der Waals surface area contributed by atoms with E-state index in [1.165, 1.54) is 41.1 Å². The van der Waals surface area contributed by atoms with Gasteiger partial charge in [-0.3, -0.25) is 14.9 Å². The van der Waals surface area contributed by atoms with Crippen LogP contribution in [0, 0.1) is 10.1 Å². The number of non-ortho nitro benzene ring substituents is 1. The van der Waals surface area contributed by atoms with Crippen LogP contribution in [0.1, 0.15) is 42.7 Å². The molecule has 0 bridgehead atoms. The molecule has 11 nitrogen and oxygen atoms in total. The third kappa shape index (κ3) is 5.40. The molecule has 0 saturated heterocycles. The average molecular weight is 571 g/mol. The summed E-state index contributed by atoms with van der Waals surface area (Å²) in [5.74, 6) is -1.63. The van der Waals surface area contributed by atoms with E-state index in [1.807, 2.05) is 0 Å². The number of hydrogen-bond acceptors (Lipinski definition) is 8. The van der Waals surface area contributed by atoms with Crippen LogP contribution in [-0.2, 0) is 19.7 Å². The molecule has 0 saturated carbocycles. The van der Waals surface area contributed by atoms with Gasteiger partial charge in [0.25, 0.3) is 11.6 Å². The molecule has 2 aromatic carbocycles. The summed E-state index contributed by atoms with van der Waals surface area (Å²) in [6.45, 7) is 3.32. The minimum absolute atomic E-state index is 0.101. The Hall–Kier alpha value is -4.10. The van der Waals surface area contributed by atoms with Crippen molar-refractivity contribution in [1.29, 1.82) is 0 Å². The Kier molecular flexibility index (Phi) is 7.84. The number of pyridine rings is 1. The van der Waals surface area contributed by atoms with E-state index in [0.717, 1.165) is 0 Å². The number of nitro groups is 1. The van der Waals surface area contributed by atoms with Gasteiger partial charge in [0.05, 0.1) is 28.2 Å². The van der Waals surface area contributed by atoms with Gasteiger partial charge >= 0.3 is 0 Å². The number of hydrazone groups is 1. The summed E-state index contributed by atoms with van der Waals surface area (Å²) in [6, 6.07) is 14.1. The number of nitrogens with zero attached hydrogens (tertiary/aromatic N) is 3. The van der Waals surface area contributed by atoms with Crippen molar-refractivity contribution >= 4 is 53.8 Å². The van der Waals surface area contributed by atoms with E-state index < -0.39 is 40.3 Å². The maximum absolute atomic E-state index is 13.6. The van der Waals surface area contributed by atoms with E-state index in [9.17, 15) is 31.7 Å². The van der Waals surface area contributed by atoms with E-state index in [0.29, 0.717) is 16.3 Å². The number of amides is 1. The molecule has 13 heteroatoms. The number of sulfone groups is 2. The first kappa shape index (κ1) is 27.9. The number of nitro benzene ring substituents is 1. The Morgan fingerprint density at radius 3 is 2.31 bits per heavy atom. The summed E-state index contributed by atoms with van der Waals surface area (Å²) in [7, 11) is -8.36. The molecule has 4 rings (SSSR count). The first-order valence-electron chi connectivity index (χ1n) is 12.1. The van der Waals surface area contributed by atoms with Crippen LogP contribution in [0.3, 0.4) is 0 Å². The lowest BCUT2D eigenvalue weighted by atomic mass is 10.1. The van der Waals surface area contributed by atoms with Crippen molar-refractivity contribution in [2.24, 2.45) is 5.10 Å². The minimum Gasteiger partial charge on any atom is -0.309 e. The topological polar surface area (TPSA) is 157 Å². The highest BCUT2D eigenvalue weighted by atomic mass is 32.2. The minimum atomic E-state index is -4.23. The molecule has 204 valence electrons. The first-order chi connectivity index (χ1) is 18.5. The molecule has 0 atom stereocenters. The van der Waals surface area contributed by atoms with Gasteiger partial charge in [-0.2, -0.15) is 5.10 Å². The monoisotopic (exact) mass is 570 g/mol. The fourth-order valence-electron chi connectivity index (χ4n) is 4.43. The Morgan fingerprint density at radius 1 is 0.974 bits per heavy atom. The van der Waals surface area contributed by atoms with Crippen molar-refractivity contribution in [3.8, 4) is 0 Å². The summed E-state index contributed by atoms with van der Waals surface area (Å²) in [5.41, 5.74) is 2.14. The molecule has 2 heterocycles. The summed E-state index contributed by atoms with van der Waals surface area (Å²) in [4.78, 5) is 23.0. The number of carbonyl (C=O) groups is 1. The number of hydrogen-bond donors (Lipinski definition) is 1. The van der Waals surface area contributed by atoms with Crippen molar-refractivity contribution in [3.05, 3.63) is 82.2 Å². The Labute approximate surface area is 225 Å². The van der Waals surface area contributed by atoms with Gasteiger partial charge in [-0.1, -0.05) is 50.2 Å². The number of nitrogens with one attached hydrogen (secondary N) is 1. The van der Waals surface area contributed by atoms with Gasteiger partial charge in [0, 0.05) is 29.3 Å². The SMILES string of the molecule is CCCS(=O)(=O)c1c(S(=O)(=O)CCC)c2c3ccccc3ccn2c1C(=O)N/N=C\c1cccc([N+](=O)[O-])c1. The number of carbonyl (C=O) groups excluding carboxylic acids is 1. The third-order valence-electron chi connectivity index (χ3n) is 5.98. The molecule has 0 aliphatic carbocycles. The Bertz CT molecular complexity index is 1840. The lowest BCUT2D eigenvalue weighted by Crippen LogP contribution is -2.23. The van der Waals surface area contributed by atoms with Gasteiger partial charge in [-0.15, -0.1) is 0 Å². The predicted octanol–water partition coefficient (Wildman–Crippen LogP) is 4.13. The molecule has 1 N–H and O–H groups in total. The molecule has 0 fully saturated rings. The first-order valence-corrected chi connectivity index (χ1v) is 15.4. The van der Waals surface area contributed by atoms with Crippen molar-refractivity contribution in [1.82, 2.24) is 9.83 Å². The molecular weight excluding hydrogens is 544 g/mol. The Morgan fingerprint density at radius 2 is 1.64 bits per heavy atom. The summed E-state index contributed by atoms with van der Waals surface area (Å²) >= 11 is 0. The van der Waals surface area contributed by atoms with Crippen LogP contribution < -0.4 is 5.43 Å². The summed E-state index contributed by atoms with van der Waals surface area (Å²) in [5, 5.41) is 16.0. The summed E-state index contributed by atoms with van der Waals surface area (Å²) in [6.07, 6.45) is 3.08. The zero-order valence-corrected chi connectivity index (χ0v) is 22.8. The van der Waals surface area contributed by atoms with Gasteiger partial charge in [-0.05, 0) is 24.3 Å². The fourth-order valence-corrected chi connectivity index (χ4v) is 8.42. The maximum atomic E-state index is 13.6. The fraction of sp³-hybridized carbons (Fsp3) is 0.231. The molecule has 1 amide bonds. The molecule has 0 aliphatic heterocycles. The van der Waals surface area contributed by atoms with E-state index in [-0.39, 0.29) is 41.2 Å². The van der Waals surface area contributed by atoms with E-state index in [4.69, 9.17) is 0 Å². The second-order valence-corrected chi connectivity index (χ2v) is 12.9. The highest BCUT2D eigenvalue weighted by Gasteiger charge is 2.37. The number of rotatable bonds is 10. The van der Waals surface area contributed by atoms with Crippen LogP contribution in [0.5, 0.6) is 0 Å². The molecule has 0 spiro atoms. The third-order valence-corrected chi connectivity index (χ3v) is 10.0. The van der Waals surface area contributed by atoms with E-state index >= 15 is 0 Å². The molecule has 0 unspecified atom stereocenters. The zero-order chi connectivity index (χ0) is 28.4. The largest absolute Gasteiger partial charge is 0.309 e. The van der Waals surface area contributed by atoms with Gasteiger partial charge < -0.3 is 4.40 Å². The second kappa shape index (κ2) is 10.9. The average Bonchev–Trinajstić information content (AvgIpc) is 3.27. The molecule has 39 heavy (non-hydrogen) atoms. The van der Waals surface area contributed by atoms with Crippen LogP contribution >= 0.6 is 0 Å². The zero-order valence-electron chi connectivity index (χ0n) is 21.2. The van der Waals surface area contributed by atoms with E-state index in [2.05, 4.69) is 10.5 Å². The van der Waals surface area contributed by atoms with Gasteiger partial charge in [-0.25, -0.2) is 22.3 Å². The standard InChI is InChI=1S/C26H26N4O7S2/c1-3-14-38(34,35)24-22-21-11-6-5-9-19(21)12-13-29(22)23(25(24)39(36,37)15-4-2)26(31)28-27-17-18-8-7-10-20(16-18)30(32)33/h5-13,16-17H,3-4,14-15H2,1-2H3,(H,28,31)/b27-17-. The molecule has 0 radical (unpaired) electrons. The lowest BCUT2D eigenvalue weighted by Gasteiger charge is -2.09. The molecule has 0 aliphatic rings. The number of benzene rings is 2. The highest BCUT2D eigenvalue weighted by Crippen LogP contribution is 2.37. The maximum Gasteiger partial charge on any atom is 0.289 e. The predicted molar refractivity (Wildman–Crippen MR) is 148 cm³/mol. The van der Waals surface area contributed by atoms with Crippen molar-refractivity contribution in [2.75, 3.05) is 11.5 Å². The molecule has 4 aromatic rings. The summed E-state index contributed by atoms with van der Waals surface area (Å²) < 4.78 is 55.6. The number of aromatic nitrogens is 1. The van der Waals surface area contributed by atoms with Crippen molar-refractivity contribution in [3.63, 3.8) is 0 Å².